The molecule has 1 aromatic carbocycles. The topological polar surface area (TPSA) is 69.8 Å². The van der Waals surface area contributed by atoms with E-state index in [4.69, 9.17) is 0 Å². The van der Waals surface area contributed by atoms with Crippen LogP contribution in [0.1, 0.15) is 32.1 Å². The molecule has 0 bridgehead atoms. The molecule has 3 rings (SSSR count). The number of anilines is 1. The van der Waals surface area contributed by atoms with Gasteiger partial charge in [0.25, 0.3) is 0 Å². The predicted molar refractivity (Wildman–Crippen MR) is 75.1 cm³/mol. The van der Waals surface area contributed by atoms with E-state index in [1.54, 1.807) is 0 Å². The summed E-state index contributed by atoms with van der Waals surface area (Å²) in [7, 11) is 0. The average molecular weight is 258 g/mol. The zero-order valence-electron chi connectivity index (χ0n) is 10.8. The van der Waals surface area contributed by atoms with Gasteiger partial charge in [-0.25, -0.2) is 4.79 Å². The summed E-state index contributed by atoms with van der Waals surface area (Å²) in [5, 5.41) is 13.8. The number of nitrogens with one attached hydrogen (secondary N) is 3. The number of aromatic amines is 1. The Labute approximate surface area is 111 Å². The highest BCUT2D eigenvalue weighted by Crippen LogP contribution is 2.20. The third-order valence-corrected chi connectivity index (χ3v) is 3.64. The second kappa shape index (κ2) is 5.30. The van der Waals surface area contributed by atoms with Crippen molar-refractivity contribution in [3.8, 4) is 0 Å². The zero-order chi connectivity index (χ0) is 13.1. The number of benzene rings is 1. The number of H-pyrrole nitrogens is 1. The van der Waals surface area contributed by atoms with Gasteiger partial charge in [0.1, 0.15) is 0 Å². The Morgan fingerprint density at radius 2 is 2.00 bits per heavy atom. The molecular weight excluding hydrogens is 240 g/mol. The molecule has 5 nitrogen and oxygen atoms in total. The summed E-state index contributed by atoms with van der Waals surface area (Å²) in [6, 6.07) is 7.89. The summed E-state index contributed by atoms with van der Waals surface area (Å²) in [5.74, 6) is 0.587. The minimum Gasteiger partial charge on any atom is -0.335 e. The first kappa shape index (κ1) is 12.0. The molecule has 0 aliphatic heterocycles. The van der Waals surface area contributed by atoms with Crippen molar-refractivity contribution in [3.63, 3.8) is 0 Å². The van der Waals surface area contributed by atoms with Gasteiger partial charge >= 0.3 is 6.03 Å². The Hall–Kier alpha value is -2.04. The Kier molecular flexibility index (Phi) is 3.35. The molecule has 0 saturated heterocycles. The minimum absolute atomic E-state index is 0.163. The van der Waals surface area contributed by atoms with Crippen LogP contribution in [0.5, 0.6) is 0 Å². The van der Waals surface area contributed by atoms with Crippen LogP contribution < -0.4 is 10.6 Å². The van der Waals surface area contributed by atoms with Crippen molar-refractivity contribution in [1.82, 2.24) is 15.5 Å². The summed E-state index contributed by atoms with van der Waals surface area (Å²) < 4.78 is 0. The number of hydrogen-bond donors (Lipinski definition) is 3. The van der Waals surface area contributed by atoms with Gasteiger partial charge in [0, 0.05) is 11.4 Å². The smallest absolute Gasteiger partial charge is 0.320 e. The van der Waals surface area contributed by atoms with Crippen molar-refractivity contribution in [2.24, 2.45) is 0 Å². The molecule has 100 valence electrons. The first-order valence-electron chi connectivity index (χ1n) is 6.83. The number of carbonyl (C=O) groups is 1. The fourth-order valence-corrected chi connectivity index (χ4v) is 2.63. The van der Waals surface area contributed by atoms with Gasteiger partial charge in [-0.3, -0.25) is 10.4 Å². The number of para-hydroxylation sites is 1. The average Bonchev–Trinajstić information content (AvgIpc) is 2.83. The van der Waals surface area contributed by atoms with Crippen LogP contribution in [0.2, 0.25) is 0 Å². The maximum Gasteiger partial charge on any atom is 0.320 e. The van der Waals surface area contributed by atoms with Crippen LogP contribution in [0.25, 0.3) is 10.9 Å². The summed E-state index contributed by atoms with van der Waals surface area (Å²) in [5.41, 5.74) is 0.926. The van der Waals surface area contributed by atoms with Gasteiger partial charge in [0.15, 0.2) is 5.82 Å². The van der Waals surface area contributed by atoms with E-state index in [0.717, 1.165) is 23.7 Å². The van der Waals surface area contributed by atoms with E-state index in [1.165, 1.54) is 19.3 Å². The van der Waals surface area contributed by atoms with Crippen molar-refractivity contribution in [2.45, 2.75) is 38.1 Å². The van der Waals surface area contributed by atoms with Gasteiger partial charge in [-0.05, 0) is 25.0 Å². The van der Waals surface area contributed by atoms with E-state index < -0.39 is 0 Å². The zero-order valence-corrected chi connectivity index (χ0v) is 10.8. The fourth-order valence-electron chi connectivity index (χ4n) is 2.63. The van der Waals surface area contributed by atoms with Crippen molar-refractivity contribution in [1.29, 1.82) is 0 Å². The molecule has 0 unspecified atom stereocenters. The van der Waals surface area contributed by atoms with Gasteiger partial charge in [-0.15, -0.1) is 0 Å². The van der Waals surface area contributed by atoms with Crippen LogP contribution in [0, 0.1) is 0 Å². The molecule has 1 aliphatic rings. The van der Waals surface area contributed by atoms with E-state index in [9.17, 15) is 4.79 Å². The molecule has 1 aromatic heterocycles. The van der Waals surface area contributed by atoms with Gasteiger partial charge in [-0.2, -0.15) is 5.10 Å². The Balaban J connectivity index is 1.65. The van der Waals surface area contributed by atoms with Gasteiger partial charge in [-0.1, -0.05) is 31.4 Å². The summed E-state index contributed by atoms with van der Waals surface area (Å²) >= 11 is 0. The number of carbonyl (C=O) groups excluding carboxylic acids is 1. The fraction of sp³-hybridized carbons (Fsp3) is 0.429. The third-order valence-electron chi connectivity index (χ3n) is 3.64. The SMILES string of the molecule is O=C(Nc1n[nH]c2ccccc12)NC1CCCCC1. The molecule has 1 fully saturated rings. The van der Waals surface area contributed by atoms with E-state index in [0.29, 0.717) is 11.9 Å². The van der Waals surface area contributed by atoms with E-state index in [1.807, 2.05) is 24.3 Å². The molecule has 3 N–H and O–H groups in total. The summed E-state index contributed by atoms with van der Waals surface area (Å²) in [6.07, 6.45) is 5.85. The highest BCUT2D eigenvalue weighted by molar-refractivity contribution is 5.98. The molecule has 0 spiro atoms. The Morgan fingerprint density at radius 1 is 1.21 bits per heavy atom. The van der Waals surface area contributed by atoms with Crippen LogP contribution >= 0.6 is 0 Å². The molecule has 5 heteroatoms. The number of urea groups is 1. The van der Waals surface area contributed by atoms with Crippen LogP contribution in [0.4, 0.5) is 10.6 Å². The third kappa shape index (κ3) is 2.70. The molecule has 1 heterocycles. The minimum atomic E-state index is -0.163. The van der Waals surface area contributed by atoms with E-state index >= 15 is 0 Å². The summed E-state index contributed by atoms with van der Waals surface area (Å²) in [6.45, 7) is 0. The molecule has 1 saturated carbocycles. The largest absolute Gasteiger partial charge is 0.335 e. The lowest BCUT2D eigenvalue weighted by atomic mass is 9.96. The van der Waals surface area contributed by atoms with Gasteiger partial charge in [0.2, 0.25) is 0 Å². The van der Waals surface area contributed by atoms with E-state index in [-0.39, 0.29) is 6.03 Å². The standard InChI is InChI=1S/C14H18N4O/c19-14(15-10-6-2-1-3-7-10)16-13-11-8-4-5-9-12(11)17-18-13/h4-5,8-10H,1-3,6-7H2,(H3,15,16,17,18,19). The Bertz CT molecular complexity index is 572. The molecule has 19 heavy (non-hydrogen) atoms. The van der Waals surface area contributed by atoms with Crippen molar-refractivity contribution in [2.75, 3.05) is 5.32 Å². The molecule has 1 aliphatic carbocycles. The number of fused-ring (bicyclic) bond motifs is 1. The first-order valence-corrected chi connectivity index (χ1v) is 6.83. The number of aromatic nitrogens is 2. The van der Waals surface area contributed by atoms with Crippen molar-refractivity contribution in [3.05, 3.63) is 24.3 Å². The number of nitrogens with zero attached hydrogens (tertiary/aromatic N) is 1. The van der Waals surface area contributed by atoms with E-state index in [2.05, 4.69) is 20.8 Å². The van der Waals surface area contributed by atoms with Crippen molar-refractivity contribution >= 4 is 22.8 Å². The highest BCUT2D eigenvalue weighted by Gasteiger charge is 2.16. The first-order chi connectivity index (χ1) is 9.33. The van der Waals surface area contributed by atoms with Gasteiger partial charge < -0.3 is 5.32 Å². The quantitative estimate of drug-likeness (QED) is 0.775. The lowest BCUT2D eigenvalue weighted by molar-refractivity contribution is 0.244. The highest BCUT2D eigenvalue weighted by atomic mass is 16.2. The lowest BCUT2D eigenvalue weighted by Gasteiger charge is -2.22. The molecule has 2 amide bonds. The summed E-state index contributed by atoms with van der Waals surface area (Å²) in [4.78, 5) is 11.9. The van der Waals surface area contributed by atoms with Gasteiger partial charge in [0.05, 0.1) is 5.52 Å². The second-order valence-electron chi connectivity index (χ2n) is 5.05. The number of amides is 2. The number of hydrogen-bond acceptors (Lipinski definition) is 2. The normalized spacial score (nSPS) is 16.4. The lowest BCUT2D eigenvalue weighted by Crippen LogP contribution is -2.39. The Morgan fingerprint density at radius 3 is 2.84 bits per heavy atom. The monoisotopic (exact) mass is 258 g/mol. The second-order valence-corrected chi connectivity index (χ2v) is 5.05. The van der Waals surface area contributed by atoms with Crippen LogP contribution in [-0.2, 0) is 0 Å². The predicted octanol–water partition coefficient (Wildman–Crippen LogP) is 3.02. The number of rotatable bonds is 2. The maximum absolute atomic E-state index is 11.9. The van der Waals surface area contributed by atoms with Crippen LogP contribution in [-0.4, -0.2) is 22.3 Å². The maximum atomic E-state index is 11.9. The molecular formula is C14H18N4O. The molecule has 0 atom stereocenters. The molecule has 2 aromatic rings. The van der Waals surface area contributed by atoms with Crippen molar-refractivity contribution < 1.29 is 4.79 Å². The van der Waals surface area contributed by atoms with Crippen LogP contribution in [0.15, 0.2) is 24.3 Å². The van der Waals surface area contributed by atoms with Crippen LogP contribution in [0.3, 0.4) is 0 Å². The molecule has 0 radical (unpaired) electrons.